The van der Waals surface area contributed by atoms with Gasteiger partial charge in [0, 0.05) is 29.2 Å². The first-order valence-electron chi connectivity index (χ1n) is 14.6. The lowest BCUT2D eigenvalue weighted by Gasteiger charge is -2.34. The molecule has 1 N–H and O–H groups in total. The number of nitrogens with zero attached hydrogens (tertiary/aromatic N) is 3. The monoisotopic (exact) mass is 658 g/mol. The van der Waals surface area contributed by atoms with Crippen LogP contribution in [0.15, 0.2) is 71.6 Å². The molecule has 11 nitrogen and oxygen atoms in total. The van der Waals surface area contributed by atoms with Crippen LogP contribution < -0.4 is 14.4 Å². The third-order valence-corrected chi connectivity index (χ3v) is 9.52. The fourth-order valence-corrected chi connectivity index (χ4v) is 6.39. The van der Waals surface area contributed by atoms with Gasteiger partial charge in [-0.15, -0.1) is 0 Å². The molecule has 0 fully saturated rings. The number of carbonyl (C=O) groups excluding carboxylic acids is 2. The number of amides is 2. The number of rotatable bonds is 15. The average Bonchev–Trinajstić information content (AvgIpc) is 3.01. The van der Waals surface area contributed by atoms with Gasteiger partial charge in [-0.3, -0.25) is 24.0 Å². The van der Waals surface area contributed by atoms with E-state index < -0.39 is 44.0 Å². The lowest BCUT2D eigenvalue weighted by atomic mass is 10.1. The lowest BCUT2D eigenvalue weighted by molar-refractivity contribution is -0.385. The molecule has 0 saturated carbocycles. The molecule has 0 aliphatic heterocycles. The van der Waals surface area contributed by atoms with Crippen molar-refractivity contribution in [3.63, 3.8) is 0 Å². The highest BCUT2D eigenvalue weighted by molar-refractivity contribution is 7.92. The van der Waals surface area contributed by atoms with Crippen molar-refractivity contribution in [2.45, 2.75) is 63.9 Å². The Hall–Kier alpha value is -4.16. The number of carbonyl (C=O) groups is 2. The number of anilines is 1. The Balaban J connectivity index is 2.14. The van der Waals surface area contributed by atoms with Gasteiger partial charge in [0.2, 0.25) is 11.8 Å². The van der Waals surface area contributed by atoms with Gasteiger partial charge in [0.1, 0.15) is 18.3 Å². The highest BCUT2D eigenvalue weighted by Gasteiger charge is 2.35. The van der Waals surface area contributed by atoms with Crippen molar-refractivity contribution >= 4 is 44.8 Å². The second-order valence-electron chi connectivity index (χ2n) is 10.6. The van der Waals surface area contributed by atoms with Crippen LogP contribution in [0.3, 0.4) is 0 Å². The van der Waals surface area contributed by atoms with E-state index in [9.17, 15) is 28.1 Å². The van der Waals surface area contributed by atoms with E-state index in [2.05, 4.69) is 5.32 Å². The van der Waals surface area contributed by atoms with Gasteiger partial charge >= 0.3 is 0 Å². The number of sulfonamides is 1. The zero-order valence-corrected chi connectivity index (χ0v) is 27.6. The largest absolute Gasteiger partial charge is 0.495 e. The number of hydrogen-bond donors (Lipinski definition) is 1. The first-order valence-corrected chi connectivity index (χ1v) is 16.4. The molecule has 2 amide bonds. The van der Waals surface area contributed by atoms with E-state index in [0.717, 1.165) is 15.9 Å². The first-order chi connectivity index (χ1) is 21.3. The van der Waals surface area contributed by atoms with Crippen LogP contribution in [-0.4, -0.2) is 62.3 Å². The molecule has 0 aliphatic rings. The Morgan fingerprint density at radius 2 is 1.73 bits per heavy atom. The van der Waals surface area contributed by atoms with Crippen molar-refractivity contribution in [3.8, 4) is 5.75 Å². The summed E-state index contributed by atoms with van der Waals surface area (Å²) in [7, 11) is -3.26. The van der Waals surface area contributed by atoms with Crippen LogP contribution in [0.1, 0.15) is 44.7 Å². The summed E-state index contributed by atoms with van der Waals surface area (Å²) < 4.78 is 34.8. The van der Waals surface area contributed by atoms with E-state index >= 15 is 0 Å². The Morgan fingerprint density at radius 3 is 2.33 bits per heavy atom. The molecule has 2 atom stereocenters. The Bertz CT molecular complexity index is 1620. The van der Waals surface area contributed by atoms with E-state index in [1.807, 2.05) is 44.2 Å². The normalized spacial score (nSPS) is 12.6. The molecule has 0 radical (unpaired) electrons. The molecule has 13 heteroatoms. The molecule has 0 unspecified atom stereocenters. The molecule has 242 valence electrons. The molecule has 3 rings (SSSR count). The zero-order chi connectivity index (χ0) is 33.3. The molecule has 3 aromatic rings. The average molecular weight is 659 g/mol. The molecule has 0 spiro atoms. The second kappa shape index (κ2) is 15.7. The van der Waals surface area contributed by atoms with Crippen LogP contribution in [0.5, 0.6) is 5.75 Å². The van der Waals surface area contributed by atoms with E-state index in [1.165, 1.54) is 49.3 Å². The maximum Gasteiger partial charge on any atom is 0.273 e. The third kappa shape index (κ3) is 8.73. The Labute approximate surface area is 269 Å². The molecule has 0 aromatic heterocycles. The van der Waals surface area contributed by atoms with E-state index in [0.29, 0.717) is 12.8 Å². The van der Waals surface area contributed by atoms with Crippen LogP contribution in [0.4, 0.5) is 11.4 Å². The minimum atomic E-state index is -4.61. The number of halogens is 1. The number of methoxy groups -OCH3 is 1. The minimum Gasteiger partial charge on any atom is -0.495 e. The van der Waals surface area contributed by atoms with Gasteiger partial charge in [0.25, 0.3) is 15.7 Å². The van der Waals surface area contributed by atoms with Gasteiger partial charge in [0.05, 0.1) is 22.6 Å². The van der Waals surface area contributed by atoms with Gasteiger partial charge in [-0.05, 0) is 62.9 Å². The highest BCUT2D eigenvalue weighted by atomic mass is 35.5. The third-order valence-electron chi connectivity index (χ3n) is 7.52. The molecule has 45 heavy (non-hydrogen) atoms. The number of aryl methyl sites for hydroxylation is 1. The van der Waals surface area contributed by atoms with Crippen LogP contribution in [0.2, 0.25) is 5.02 Å². The number of nitro groups is 1. The van der Waals surface area contributed by atoms with Crippen molar-refractivity contribution in [2.24, 2.45) is 0 Å². The van der Waals surface area contributed by atoms with Crippen molar-refractivity contribution in [3.05, 3.63) is 93.0 Å². The second-order valence-corrected chi connectivity index (χ2v) is 12.9. The highest BCUT2D eigenvalue weighted by Crippen LogP contribution is 2.36. The Morgan fingerprint density at radius 1 is 1.04 bits per heavy atom. The van der Waals surface area contributed by atoms with Crippen LogP contribution in [-0.2, 0) is 26.0 Å². The number of ether oxygens (including phenoxy) is 1. The molecule has 3 aromatic carbocycles. The van der Waals surface area contributed by atoms with Crippen LogP contribution >= 0.6 is 11.6 Å². The smallest absolute Gasteiger partial charge is 0.273 e. The number of hydrogen-bond acceptors (Lipinski definition) is 7. The summed E-state index contributed by atoms with van der Waals surface area (Å²) in [4.78, 5) is 39.7. The summed E-state index contributed by atoms with van der Waals surface area (Å²) in [6.45, 7) is 6.47. The Kier molecular flexibility index (Phi) is 12.3. The van der Waals surface area contributed by atoms with Crippen LogP contribution in [0.25, 0.3) is 0 Å². The van der Waals surface area contributed by atoms with Gasteiger partial charge in [-0.2, -0.15) is 0 Å². The van der Waals surface area contributed by atoms with Gasteiger partial charge in [-0.1, -0.05) is 61.8 Å². The zero-order valence-electron chi connectivity index (χ0n) is 26.0. The molecular weight excluding hydrogens is 620 g/mol. The summed E-state index contributed by atoms with van der Waals surface area (Å²) in [6, 6.07) is 16.2. The summed E-state index contributed by atoms with van der Waals surface area (Å²) in [5.74, 6) is -0.892. The van der Waals surface area contributed by atoms with E-state index in [4.69, 9.17) is 16.3 Å². The van der Waals surface area contributed by atoms with E-state index in [-0.39, 0.29) is 46.9 Å². The van der Waals surface area contributed by atoms with Crippen molar-refractivity contribution < 1.29 is 27.7 Å². The number of nitrogens with one attached hydrogen (secondary N) is 1. The maximum absolute atomic E-state index is 14.3. The number of nitro benzene ring substituents is 1. The van der Waals surface area contributed by atoms with Gasteiger partial charge < -0.3 is 15.0 Å². The quantitative estimate of drug-likeness (QED) is 0.167. The molecule has 0 aliphatic carbocycles. The predicted molar refractivity (Wildman–Crippen MR) is 174 cm³/mol. The van der Waals surface area contributed by atoms with E-state index in [1.54, 1.807) is 6.92 Å². The fourth-order valence-electron chi connectivity index (χ4n) is 4.78. The first kappa shape index (κ1) is 35.3. The summed E-state index contributed by atoms with van der Waals surface area (Å²) in [6.07, 6.45) is 1.38. The lowest BCUT2D eigenvalue weighted by Crippen LogP contribution is -2.54. The molecule has 0 bridgehead atoms. The summed E-state index contributed by atoms with van der Waals surface area (Å²) in [5.41, 5.74) is 0.770. The van der Waals surface area contributed by atoms with Gasteiger partial charge in [-0.25, -0.2) is 8.42 Å². The van der Waals surface area contributed by atoms with Crippen LogP contribution in [0, 0.1) is 17.0 Å². The molecule has 0 heterocycles. The van der Waals surface area contributed by atoms with Crippen molar-refractivity contribution in [1.82, 2.24) is 10.2 Å². The molecule has 0 saturated heterocycles. The maximum atomic E-state index is 14.3. The predicted octanol–water partition coefficient (Wildman–Crippen LogP) is 5.53. The fraction of sp³-hybridized carbons (Fsp3) is 0.375. The molecular formula is C32H39ClN4O7S. The minimum absolute atomic E-state index is 0.0401. The van der Waals surface area contributed by atoms with Crippen molar-refractivity contribution in [1.29, 1.82) is 0 Å². The van der Waals surface area contributed by atoms with Crippen molar-refractivity contribution in [2.75, 3.05) is 24.5 Å². The topological polar surface area (TPSA) is 139 Å². The van der Waals surface area contributed by atoms with Gasteiger partial charge in [0.15, 0.2) is 0 Å². The summed E-state index contributed by atoms with van der Waals surface area (Å²) >= 11 is 6.28. The number of benzene rings is 3. The summed E-state index contributed by atoms with van der Waals surface area (Å²) in [5, 5.41) is 14.8. The standard InChI is InChI=1S/C32H39ClN4O7S/c1-6-23(4)34-32(39)27(7-2)35(18-17-24-11-9-8-10-12-24)31(38)21-36(29-19-25(33)14-16-30(29)44-5)45(42,43)26-15-13-22(3)28(20-26)37(40)41/h8-16,19-20,23,27H,6-7,17-18,21H2,1-5H3,(H,34,39)/t23-,27-/m0/s1. The SMILES string of the molecule is CC[C@H](C)NC(=O)[C@H](CC)N(CCc1ccccc1)C(=O)CN(c1cc(Cl)ccc1OC)S(=O)(=O)c1ccc(C)c([N+](=O)[O-])c1.